The number of rotatable bonds is 5. The third kappa shape index (κ3) is 2.98. The van der Waals surface area contributed by atoms with E-state index >= 15 is 0 Å². The molecule has 0 spiro atoms. The van der Waals surface area contributed by atoms with E-state index < -0.39 is 0 Å². The van der Waals surface area contributed by atoms with E-state index in [2.05, 4.69) is 27.1 Å². The molecule has 0 aliphatic carbocycles. The van der Waals surface area contributed by atoms with Crippen molar-refractivity contribution >= 4 is 17.2 Å². The second-order valence-electron chi connectivity index (χ2n) is 4.39. The van der Waals surface area contributed by atoms with Crippen LogP contribution in [-0.2, 0) is 6.42 Å². The summed E-state index contributed by atoms with van der Waals surface area (Å²) in [5.74, 6) is 0.432. The van der Waals surface area contributed by atoms with E-state index in [-0.39, 0.29) is 11.6 Å². The quantitative estimate of drug-likeness (QED) is 0.901. The Kier molecular flexibility index (Phi) is 4.15. The van der Waals surface area contributed by atoms with Crippen LogP contribution in [0.5, 0.6) is 0 Å². The lowest BCUT2D eigenvalue weighted by molar-refractivity contribution is 0.575. The molecule has 5 heteroatoms. The Morgan fingerprint density at radius 3 is 3.00 bits per heavy atom. The van der Waals surface area contributed by atoms with Crippen LogP contribution in [0.15, 0.2) is 34.0 Å². The van der Waals surface area contributed by atoms with E-state index in [1.165, 1.54) is 5.56 Å². The number of hydrogen-bond donors (Lipinski definition) is 1. The summed E-state index contributed by atoms with van der Waals surface area (Å²) in [6.45, 7) is 4.69. The highest BCUT2D eigenvalue weighted by atomic mass is 32.1. The average Bonchev–Trinajstić information content (AvgIpc) is 2.84. The summed E-state index contributed by atoms with van der Waals surface area (Å²) in [5, 5.41) is 7.28. The zero-order valence-corrected chi connectivity index (χ0v) is 11.4. The van der Waals surface area contributed by atoms with Crippen LogP contribution in [0, 0.1) is 0 Å². The van der Waals surface area contributed by atoms with Crippen molar-refractivity contribution in [1.29, 1.82) is 0 Å². The lowest BCUT2D eigenvalue weighted by atomic mass is 10.2. The fraction of sp³-hybridized carbons (Fsp3) is 0.385. The molecule has 0 radical (unpaired) electrons. The van der Waals surface area contributed by atoms with Crippen molar-refractivity contribution in [2.75, 3.05) is 11.9 Å². The maximum atomic E-state index is 12.0. The summed E-state index contributed by atoms with van der Waals surface area (Å²) < 4.78 is 1.68. The molecule has 0 bridgehead atoms. The predicted octanol–water partition coefficient (Wildman–Crippen LogP) is 2.54. The maximum Gasteiger partial charge on any atom is 0.293 e. The summed E-state index contributed by atoms with van der Waals surface area (Å²) in [6.07, 6.45) is 4.28. The van der Waals surface area contributed by atoms with Gasteiger partial charge in [-0.2, -0.15) is 11.3 Å². The van der Waals surface area contributed by atoms with Crippen molar-refractivity contribution in [1.82, 2.24) is 9.55 Å². The molecule has 2 aromatic heterocycles. The van der Waals surface area contributed by atoms with Crippen LogP contribution in [0.4, 0.5) is 5.82 Å². The Hall–Kier alpha value is -1.62. The van der Waals surface area contributed by atoms with Crippen LogP contribution in [0.1, 0.15) is 25.5 Å². The van der Waals surface area contributed by atoms with Gasteiger partial charge >= 0.3 is 0 Å². The Bertz CT molecular complexity index is 546. The summed E-state index contributed by atoms with van der Waals surface area (Å²) in [6, 6.07) is 2.25. The van der Waals surface area contributed by atoms with Crippen molar-refractivity contribution in [3.05, 3.63) is 45.1 Å². The third-order valence-corrected chi connectivity index (χ3v) is 3.44. The minimum absolute atomic E-state index is 0.0576. The van der Waals surface area contributed by atoms with Gasteiger partial charge in [-0.25, -0.2) is 4.98 Å². The SMILES string of the molecule is CC(C)n1ccnc(NCCc2ccsc2)c1=O. The summed E-state index contributed by atoms with van der Waals surface area (Å²) in [7, 11) is 0. The molecule has 0 aliphatic heterocycles. The molecule has 0 atom stereocenters. The van der Waals surface area contributed by atoms with E-state index in [1.54, 1.807) is 28.3 Å². The van der Waals surface area contributed by atoms with Crippen LogP contribution in [0.25, 0.3) is 0 Å². The normalized spacial score (nSPS) is 10.8. The molecule has 4 nitrogen and oxygen atoms in total. The molecule has 1 N–H and O–H groups in total. The molecule has 2 aromatic rings. The fourth-order valence-electron chi connectivity index (χ4n) is 1.71. The highest BCUT2D eigenvalue weighted by Crippen LogP contribution is 2.07. The monoisotopic (exact) mass is 263 g/mol. The molecule has 0 saturated carbocycles. The Morgan fingerprint density at radius 1 is 1.50 bits per heavy atom. The number of nitrogens with one attached hydrogen (secondary N) is 1. The van der Waals surface area contributed by atoms with Gasteiger partial charge in [0.05, 0.1) is 0 Å². The van der Waals surface area contributed by atoms with E-state index in [0.717, 1.165) is 13.0 Å². The van der Waals surface area contributed by atoms with E-state index in [0.29, 0.717) is 5.82 Å². The van der Waals surface area contributed by atoms with Crippen LogP contribution in [0.3, 0.4) is 0 Å². The molecule has 0 aliphatic rings. The fourth-order valence-corrected chi connectivity index (χ4v) is 2.42. The molecule has 2 heterocycles. The van der Waals surface area contributed by atoms with Crippen LogP contribution < -0.4 is 10.9 Å². The van der Waals surface area contributed by atoms with Gasteiger partial charge in [-0.1, -0.05) is 0 Å². The Morgan fingerprint density at radius 2 is 2.33 bits per heavy atom. The molecule has 0 unspecified atom stereocenters. The summed E-state index contributed by atoms with van der Waals surface area (Å²) in [5.41, 5.74) is 1.23. The van der Waals surface area contributed by atoms with E-state index in [4.69, 9.17) is 0 Å². The first-order valence-corrected chi connectivity index (χ1v) is 6.95. The summed E-state index contributed by atoms with van der Waals surface area (Å²) in [4.78, 5) is 16.1. The molecule has 96 valence electrons. The van der Waals surface area contributed by atoms with E-state index in [9.17, 15) is 4.79 Å². The second-order valence-corrected chi connectivity index (χ2v) is 5.17. The van der Waals surface area contributed by atoms with Crippen molar-refractivity contribution in [2.45, 2.75) is 26.3 Å². The first kappa shape index (κ1) is 12.8. The highest BCUT2D eigenvalue weighted by Gasteiger charge is 2.06. The van der Waals surface area contributed by atoms with Gasteiger partial charge in [-0.05, 0) is 42.7 Å². The van der Waals surface area contributed by atoms with Crippen molar-refractivity contribution in [3.63, 3.8) is 0 Å². The standard InChI is InChI=1S/C13H17N3OS/c1-10(2)16-7-6-15-12(13(16)17)14-5-3-11-4-8-18-9-11/h4,6-10H,3,5H2,1-2H3,(H,14,15). The minimum atomic E-state index is -0.0576. The average molecular weight is 263 g/mol. The highest BCUT2D eigenvalue weighted by molar-refractivity contribution is 7.07. The Balaban J connectivity index is 2.01. The Labute approximate surface area is 110 Å². The zero-order valence-electron chi connectivity index (χ0n) is 10.6. The molecule has 0 amide bonds. The third-order valence-electron chi connectivity index (χ3n) is 2.71. The largest absolute Gasteiger partial charge is 0.365 e. The predicted molar refractivity (Wildman–Crippen MR) is 75.4 cm³/mol. The first-order chi connectivity index (χ1) is 8.68. The molecule has 18 heavy (non-hydrogen) atoms. The lowest BCUT2D eigenvalue weighted by Gasteiger charge is -2.11. The minimum Gasteiger partial charge on any atom is -0.365 e. The maximum absolute atomic E-state index is 12.0. The number of nitrogens with zero attached hydrogens (tertiary/aromatic N) is 2. The van der Waals surface area contributed by atoms with E-state index in [1.807, 2.05) is 13.8 Å². The van der Waals surface area contributed by atoms with Gasteiger partial charge in [-0.15, -0.1) is 0 Å². The first-order valence-electron chi connectivity index (χ1n) is 6.00. The van der Waals surface area contributed by atoms with Crippen molar-refractivity contribution in [3.8, 4) is 0 Å². The smallest absolute Gasteiger partial charge is 0.293 e. The van der Waals surface area contributed by atoms with Crippen LogP contribution in [0.2, 0.25) is 0 Å². The van der Waals surface area contributed by atoms with Crippen molar-refractivity contribution < 1.29 is 0 Å². The van der Waals surface area contributed by atoms with Gasteiger partial charge in [0.1, 0.15) is 0 Å². The van der Waals surface area contributed by atoms with Gasteiger partial charge in [0.2, 0.25) is 0 Å². The lowest BCUT2D eigenvalue weighted by Crippen LogP contribution is -2.26. The van der Waals surface area contributed by atoms with Gasteiger partial charge in [-0.3, -0.25) is 4.79 Å². The second kappa shape index (κ2) is 5.82. The van der Waals surface area contributed by atoms with Gasteiger partial charge in [0.25, 0.3) is 5.56 Å². The number of hydrogen-bond acceptors (Lipinski definition) is 4. The number of thiophene rings is 1. The molecule has 0 aromatic carbocycles. The molecular formula is C13H17N3OS. The van der Waals surface area contributed by atoms with Crippen molar-refractivity contribution in [2.24, 2.45) is 0 Å². The van der Waals surface area contributed by atoms with Gasteiger partial charge in [0.15, 0.2) is 5.82 Å². The molecule has 0 fully saturated rings. The number of aromatic nitrogens is 2. The molecule has 0 saturated heterocycles. The summed E-state index contributed by atoms with van der Waals surface area (Å²) >= 11 is 1.69. The number of anilines is 1. The van der Waals surface area contributed by atoms with Gasteiger partial charge in [0, 0.05) is 25.0 Å². The zero-order chi connectivity index (χ0) is 13.0. The molecular weight excluding hydrogens is 246 g/mol. The topological polar surface area (TPSA) is 46.9 Å². The molecule has 2 rings (SSSR count). The van der Waals surface area contributed by atoms with Crippen LogP contribution >= 0.6 is 11.3 Å². The van der Waals surface area contributed by atoms with Crippen LogP contribution in [-0.4, -0.2) is 16.1 Å². The van der Waals surface area contributed by atoms with Gasteiger partial charge < -0.3 is 9.88 Å².